The van der Waals surface area contributed by atoms with Crippen LogP contribution in [0.3, 0.4) is 0 Å². The van der Waals surface area contributed by atoms with E-state index in [2.05, 4.69) is 86.8 Å². The molecular formula is C52H89NO7. The van der Waals surface area contributed by atoms with Crippen LogP contribution in [0.15, 0.2) is 72.9 Å². The lowest BCUT2D eigenvalue weighted by atomic mass is 10.0. The van der Waals surface area contributed by atoms with Crippen molar-refractivity contribution in [2.75, 3.05) is 41.0 Å². The molecular weight excluding hydrogens is 751 g/mol. The Kier molecular flexibility index (Phi) is 40.2. The van der Waals surface area contributed by atoms with Crippen molar-refractivity contribution in [3.63, 3.8) is 0 Å². The summed E-state index contributed by atoms with van der Waals surface area (Å²) in [6.07, 6.45) is 53.5. The molecule has 8 nitrogen and oxygen atoms in total. The molecule has 0 amide bonds. The predicted molar refractivity (Wildman–Crippen MR) is 249 cm³/mol. The van der Waals surface area contributed by atoms with Gasteiger partial charge < -0.3 is 28.6 Å². The second-order valence-electron chi connectivity index (χ2n) is 17.0. The van der Waals surface area contributed by atoms with E-state index in [9.17, 15) is 19.5 Å². The zero-order chi connectivity index (χ0) is 44.2. The molecule has 0 aliphatic rings. The van der Waals surface area contributed by atoms with Gasteiger partial charge in [0.05, 0.1) is 40.3 Å². The summed E-state index contributed by atoms with van der Waals surface area (Å²) in [5, 5.41) is 11.6. The number of rotatable bonds is 42. The number of unbranched alkanes of at least 4 members (excludes halogenated alkanes) is 16. The van der Waals surface area contributed by atoms with Gasteiger partial charge in [0.25, 0.3) is 0 Å². The van der Waals surface area contributed by atoms with Crippen LogP contribution >= 0.6 is 0 Å². The molecule has 0 aromatic heterocycles. The standard InChI is InChI=1S/C52H89NO7/c1-6-8-10-12-14-16-18-20-22-23-24-25-26-27-28-29-31-33-35-37-39-41-43-51(55)60-48(46-58-45-44-49(52(56)57)53(3,4)5)47-59-50(54)42-40-38-36-34-32-30-21-19-17-15-13-11-9-7-2/h8,10,14,16,20,22,24-25,27-28,31,33,48-49H,6-7,9,11-13,15,17-19,21,23,26,29-30,32,34-47H2,1-5H3/b10-8+,16-14+,22-20+,25-24+,28-27+,33-31+. The van der Waals surface area contributed by atoms with Gasteiger partial charge in [-0.2, -0.15) is 0 Å². The number of hydrogen-bond donors (Lipinski definition) is 0. The quantitative estimate of drug-likeness (QED) is 0.0261. The number of esters is 2. The molecule has 0 aliphatic carbocycles. The molecule has 60 heavy (non-hydrogen) atoms. The zero-order valence-electron chi connectivity index (χ0n) is 39.1. The van der Waals surface area contributed by atoms with E-state index in [1.807, 2.05) is 0 Å². The van der Waals surface area contributed by atoms with E-state index in [0.717, 1.165) is 77.0 Å². The van der Waals surface area contributed by atoms with Gasteiger partial charge in [0.2, 0.25) is 0 Å². The van der Waals surface area contributed by atoms with Crippen LogP contribution in [0.5, 0.6) is 0 Å². The summed E-state index contributed by atoms with van der Waals surface area (Å²) in [5.41, 5.74) is 0. The van der Waals surface area contributed by atoms with Crippen LogP contribution in [-0.4, -0.2) is 75.5 Å². The molecule has 344 valence electrons. The third-order valence-corrected chi connectivity index (χ3v) is 10.4. The van der Waals surface area contributed by atoms with Crippen LogP contribution in [0, 0.1) is 0 Å². The van der Waals surface area contributed by atoms with Crippen molar-refractivity contribution in [2.24, 2.45) is 0 Å². The molecule has 0 aliphatic heterocycles. The van der Waals surface area contributed by atoms with Crippen molar-refractivity contribution in [2.45, 2.75) is 199 Å². The molecule has 0 aromatic carbocycles. The Hall–Kier alpha value is -3.23. The van der Waals surface area contributed by atoms with Crippen LogP contribution < -0.4 is 5.11 Å². The maximum Gasteiger partial charge on any atom is 0.306 e. The predicted octanol–water partition coefficient (Wildman–Crippen LogP) is 12.2. The minimum atomic E-state index is -1.13. The molecule has 0 radical (unpaired) electrons. The van der Waals surface area contributed by atoms with Gasteiger partial charge in [0.1, 0.15) is 12.6 Å². The molecule has 0 aromatic rings. The number of hydrogen-bond acceptors (Lipinski definition) is 7. The summed E-state index contributed by atoms with van der Waals surface area (Å²) >= 11 is 0. The second-order valence-corrected chi connectivity index (χ2v) is 17.0. The van der Waals surface area contributed by atoms with Crippen molar-refractivity contribution < 1.29 is 38.2 Å². The first-order valence-corrected chi connectivity index (χ1v) is 24.0. The summed E-state index contributed by atoms with van der Waals surface area (Å²) in [7, 11) is 5.39. The molecule has 8 heteroatoms. The van der Waals surface area contributed by atoms with Gasteiger partial charge >= 0.3 is 11.9 Å². The fourth-order valence-electron chi connectivity index (χ4n) is 6.66. The number of aliphatic carboxylic acids is 1. The lowest BCUT2D eigenvalue weighted by Gasteiger charge is -2.34. The average molecular weight is 840 g/mol. The highest BCUT2D eigenvalue weighted by atomic mass is 16.6. The van der Waals surface area contributed by atoms with Gasteiger partial charge in [0.15, 0.2) is 6.10 Å². The first-order chi connectivity index (χ1) is 29.1. The molecule has 2 unspecified atom stereocenters. The van der Waals surface area contributed by atoms with Gasteiger partial charge in [-0.25, -0.2) is 0 Å². The summed E-state index contributed by atoms with van der Waals surface area (Å²) in [4.78, 5) is 36.9. The number of likely N-dealkylation sites (N-methyl/N-ethyl adjacent to an activating group) is 1. The van der Waals surface area contributed by atoms with Crippen molar-refractivity contribution >= 4 is 17.9 Å². The fourth-order valence-corrected chi connectivity index (χ4v) is 6.66. The smallest absolute Gasteiger partial charge is 0.306 e. The van der Waals surface area contributed by atoms with Crippen molar-refractivity contribution in [3.8, 4) is 0 Å². The van der Waals surface area contributed by atoms with Gasteiger partial charge in [-0.3, -0.25) is 9.59 Å². The van der Waals surface area contributed by atoms with E-state index in [0.29, 0.717) is 12.8 Å². The van der Waals surface area contributed by atoms with Gasteiger partial charge in [-0.1, -0.05) is 177 Å². The summed E-state index contributed by atoms with van der Waals surface area (Å²) < 4.78 is 17.2. The maximum absolute atomic E-state index is 12.7. The minimum Gasteiger partial charge on any atom is -0.544 e. The third-order valence-electron chi connectivity index (χ3n) is 10.4. The van der Waals surface area contributed by atoms with Crippen LogP contribution in [0.4, 0.5) is 0 Å². The fraction of sp³-hybridized carbons (Fsp3) is 0.712. The monoisotopic (exact) mass is 840 g/mol. The van der Waals surface area contributed by atoms with Crippen LogP contribution in [0.2, 0.25) is 0 Å². The number of carboxylic acids is 1. The highest BCUT2D eigenvalue weighted by Crippen LogP contribution is 2.14. The Bertz CT molecular complexity index is 1210. The van der Waals surface area contributed by atoms with Crippen LogP contribution in [0.1, 0.15) is 187 Å². The summed E-state index contributed by atoms with van der Waals surface area (Å²) in [6, 6.07) is -0.734. The van der Waals surface area contributed by atoms with E-state index in [1.165, 1.54) is 70.6 Å². The van der Waals surface area contributed by atoms with E-state index in [-0.39, 0.29) is 49.1 Å². The highest BCUT2D eigenvalue weighted by Gasteiger charge is 2.25. The Morgan fingerprint density at radius 1 is 0.517 bits per heavy atom. The van der Waals surface area contributed by atoms with Gasteiger partial charge in [0, 0.05) is 19.3 Å². The van der Waals surface area contributed by atoms with Crippen molar-refractivity contribution in [3.05, 3.63) is 72.9 Å². The lowest BCUT2D eigenvalue weighted by molar-refractivity contribution is -0.889. The molecule has 0 bridgehead atoms. The van der Waals surface area contributed by atoms with Crippen LogP contribution in [-0.2, 0) is 28.6 Å². The Morgan fingerprint density at radius 3 is 1.38 bits per heavy atom. The Balaban J connectivity index is 4.37. The van der Waals surface area contributed by atoms with Crippen molar-refractivity contribution in [1.82, 2.24) is 0 Å². The third kappa shape index (κ3) is 40.2. The van der Waals surface area contributed by atoms with E-state index in [1.54, 1.807) is 21.1 Å². The normalized spacial score (nSPS) is 13.6. The number of quaternary nitrogens is 1. The topological polar surface area (TPSA) is 102 Å². The Morgan fingerprint density at radius 2 is 0.933 bits per heavy atom. The lowest BCUT2D eigenvalue weighted by Crippen LogP contribution is -2.55. The molecule has 0 heterocycles. The highest BCUT2D eigenvalue weighted by molar-refractivity contribution is 5.70. The Labute approximate surface area is 368 Å². The molecule has 0 fully saturated rings. The maximum atomic E-state index is 12.7. The zero-order valence-corrected chi connectivity index (χ0v) is 39.1. The summed E-state index contributed by atoms with van der Waals surface area (Å²) in [5.74, 6) is -1.78. The first kappa shape index (κ1) is 56.8. The molecule has 0 saturated heterocycles. The number of ether oxygens (including phenoxy) is 3. The number of nitrogens with zero attached hydrogens (tertiary/aromatic N) is 1. The molecule has 2 atom stereocenters. The SMILES string of the molecule is CC/C=C/C/C=C/C/C=C/C/C=C/C/C=C/C/C=C/CCCCCC(=O)OC(COCCC(C(=O)[O-])[N+](C)(C)C)COC(=O)CCCCCCCCCCCCCCCC. The molecule has 0 rings (SSSR count). The average Bonchev–Trinajstić information content (AvgIpc) is 3.21. The largest absolute Gasteiger partial charge is 0.544 e. The van der Waals surface area contributed by atoms with Gasteiger partial charge in [-0.15, -0.1) is 0 Å². The van der Waals surface area contributed by atoms with E-state index >= 15 is 0 Å². The minimum absolute atomic E-state index is 0.0253. The van der Waals surface area contributed by atoms with Crippen LogP contribution in [0.25, 0.3) is 0 Å². The van der Waals surface area contributed by atoms with Gasteiger partial charge in [-0.05, 0) is 64.2 Å². The van der Waals surface area contributed by atoms with Crippen molar-refractivity contribution in [1.29, 1.82) is 0 Å². The van der Waals surface area contributed by atoms with E-state index < -0.39 is 18.1 Å². The molecule has 0 spiro atoms. The number of carbonyl (C=O) groups is 3. The van der Waals surface area contributed by atoms with E-state index in [4.69, 9.17) is 14.2 Å². The first-order valence-electron chi connectivity index (χ1n) is 24.0. The number of carbonyl (C=O) groups excluding carboxylic acids is 3. The summed E-state index contributed by atoms with van der Waals surface area (Å²) in [6.45, 7) is 4.51. The number of carboxylic acid groups (broad SMARTS) is 1. The second kappa shape index (κ2) is 42.5. The molecule has 0 saturated carbocycles. The number of allylic oxidation sites excluding steroid dienone is 12. The molecule has 0 N–H and O–H groups in total.